The summed E-state index contributed by atoms with van der Waals surface area (Å²) in [6.07, 6.45) is 0. The van der Waals surface area contributed by atoms with Gasteiger partial charge < -0.3 is 10.2 Å². The maximum atomic E-state index is 12.2. The summed E-state index contributed by atoms with van der Waals surface area (Å²) in [5.41, 5.74) is 1.74. The zero-order chi connectivity index (χ0) is 15.8. The van der Waals surface area contributed by atoms with E-state index in [1.807, 2.05) is 6.07 Å². The molecule has 0 radical (unpaired) electrons. The van der Waals surface area contributed by atoms with Crippen LogP contribution in [0.3, 0.4) is 0 Å². The summed E-state index contributed by atoms with van der Waals surface area (Å²) >= 11 is 0. The van der Waals surface area contributed by atoms with E-state index in [0.29, 0.717) is 16.7 Å². The highest BCUT2D eigenvalue weighted by Crippen LogP contribution is 2.18. The molecule has 0 aromatic heterocycles. The van der Waals surface area contributed by atoms with E-state index in [-0.39, 0.29) is 5.78 Å². The number of hydrogen-bond donors (Lipinski definition) is 2. The Morgan fingerprint density at radius 3 is 2.05 bits per heavy atom. The Kier molecular flexibility index (Phi) is 6.30. The Morgan fingerprint density at radius 1 is 0.905 bits per heavy atom. The topological polar surface area (TPSA) is 74.6 Å². The van der Waals surface area contributed by atoms with E-state index in [0.717, 1.165) is 7.11 Å². The van der Waals surface area contributed by atoms with Crippen molar-refractivity contribution in [2.24, 2.45) is 0 Å². The number of rotatable bonds is 4. The fourth-order valence-electron chi connectivity index (χ4n) is 1.85. The van der Waals surface area contributed by atoms with Gasteiger partial charge in [0.05, 0.1) is 5.92 Å². The average molecular weight is 286 g/mol. The molecule has 1 unspecified atom stereocenters. The highest BCUT2D eigenvalue weighted by molar-refractivity contribution is 6.09. The minimum atomic E-state index is -0.899. The Bertz CT molecular complexity index is 605. The van der Waals surface area contributed by atoms with Gasteiger partial charge in [-0.05, 0) is 18.6 Å². The van der Waals surface area contributed by atoms with Gasteiger partial charge in [0, 0.05) is 18.2 Å². The van der Waals surface area contributed by atoms with Crippen molar-refractivity contribution in [3.05, 3.63) is 71.3 Å². The van der Waals surface area contributed by atoms with Crippen molar-refractivity contribution in [3.8, 4) is 0 Å². The molecule has 0 bridgehead atoms. The van der Waals surface area contributed by atoms with E-state index in [1.165, 1.54) is 0 Å². The molecule has 1 atom stereocenters. The lowest BCUT2D eigenvalue weighted by Crippen LogP contribution is -2.09. The number of carboxylic acids is 1. The van der Waals surface area contributed by atoms with Crippen molar-refractivity contribution in [1.82, 2.24) is 0 Å². The summed E-state index contributed by atoms with van der Waals surface area (Å²) in [5.74, 6) is -1.62. The molecule has 2 aromatic carbocycles. The smallest absolute Gasteiger partial charge is 0.310 e. The number of carbonyl (C=O) groups excluding carboxylic acids is 1. The number of carboxylic acid groups (broad SMARTS) is 1. The molecule has 0 saturated carbocycles. The second-order valence-corrected chi connectivity index (χ2v) is 4.38. The van der Waals surface area contributed by atoms with Crippen LogP contribution < -0.4 is 0 Å². The summed E-state index contributed by atoms with van der Waals surface area (Å²) in [6, 6.07) is 15.7. The highest BCUT2D eigenvalue weighted by atomic mass is 16.4. The van der Waals surface area contributed by atoms with Crippen LogP contribution in [-0.2, 0) is 4.79 Å². The van der Waals surface area contributed by atoms with Crippen LogP contribution in [0.4, 0.5) is 0 Å². The molecular weight excluding hydrogens is 268 g/mol. The van der Waals surface area contributed by atoms with Gasteiger partial charge in [0.25, 0.3) is 0 Å². The molecule has 4 nitrogen and oxygen atoms in total. The Morgan fingerprint density at radius 2 is 1.48 bits per heavy atom. The van der Waals surface area contributed by atoms with E-state index in [9.17, 15) is 9.59 Å². The predicted octanol–water partition coefficient (Wildman–Crippen LogP) is 2.71. The van der Waals surface area contributed by atoms with Crippen LogP contribution in [0.2, 0.25) is 0 Å². The summed E-state index contributed by atoms with van der Waals surface area (Å²) in [4.78, 5) is 23.2. The lowest BCUT2D eigenvalue weighted by Gasteiger charge is -2.08. The molecule has 0 spiro atoms. The number of benzene rings is 2. The van der Waals surface area contributed by atoms with Crippen molar-refractivity contribution in [1.29, 1.82) is 0 Å². The van der Waals surface area contributed by atoms with Crippen molar-refractivity contribution in [2.45, 2.75) is 12.8 Å². The van der Waals surface area contributed by atoms with Crippen LogP contribution in [0, 0.1) is 0 Å². The lowest BCUT2D eigenvalue weighted by molar-refractivity contribution is -0.138. The molecule has 2 N–H and O–H groups in total. The van der Waals surface area contributed by atoms with E-state index < -0.39 is 11.9 Å². The molecule has 0 aliphatic carbocycles. The van der Waals surface area contributed by atoms with E-state index in [1.54, 1.807) is 55.5 Å². The predicted molar refractivity (Wildman–Crippen MR) is 80.5 cm³/mol. The Balaban J connectivity index is 0.00000106. The first-order valence-corrected chi connectivity index (χ1v) is 6.47. The van der Waals surface area contributed by atoms with E-state index in [4.69, 9.17) is 10.2 Å². The number of aliphatic hydroxyl groups excluding tert-OH is 1. The molecule has 2 aromatic rings. The van der Waals surface area contributed by atoms with Gasteiger partial charge in [-0.25, -0.2) is 0 Å². The van der Waals surface area contributed by atoms with Crippen molar-refractivity contribution in [3.63, 3.8) is 0 Å². The third kappa shape index (κ3) is 4.26. The summed E-state index contributed by atoms with van der Waals surface area (Å²) in [6.45, 7) is 1.61. The number of carbonyl (C=O) groups is 2. The molecule has 0 amide bonds. The Hall–Kier alpha value is -2.46. The van der Waals surface area contributed by atoms with Crippen LogP contribution in [0.25, 0.3) is 0 Å². The van der Waals surface area contributed by atoms with Gasteiger partial charge in [0.1, 0.15) is 0 Å². The highest BCUT2D eigenvalue weighted by Gasteiger charge is 2.16. The molecule has 0 fully saturated rings. The molecule has 0 aliphatic heterocycles. The zero-order valence-electron chi connectivity index (χ0n) is 12.0. The molecule has 110 valence electrons. The molecule has 21 heavy (non-hydrogen) atoms. The molecule has 4 heteroatoms. The lowest BCUT2D eigenvalue weighted by atomic mass is 9.96. The summed E-state index contributed by atoms with van der Waals surface area (Å²) in [7, 11) is 1.00. The van der Waals surface area contributed by atoms with Gasteiger partial charge >= 0.3 is 5.97 Å². The maximum absolute atomic E-state index is 12.2. The number of aliphatic carboxylic acids is 1. The van der Waals surface area contributed by atoms with Gasteiger partial charge in [0.15, 0.2) is 5.78 Å². The molecule has 0 heterocycles. The van der Waals surface area contributed by atoms with Crippen LogP contribution in [-0.4, -0.2) is 29.1 Å². The van der Waals surface area contributed by atoms with Gasteiger partial charge in [-0.3, -0.25) is 9.59 Å². The maximum Gasteiger partial charge on any atom is 0.310 e. The fraction of sp³-hybridized carbons (Fsp3) is 0.176. The van der Waals surface area contributed by atoms with Crippen molar-refractivity contribution < 1.29 is 19.8 Å². The largest absolute Gasteiger partial charge is 0.481 e. The Labute approximate surface area is 123 Å². The summed E-state index contributed by atoms with van der Waals surface area (Å²) < 4.78 is 0. The third-order valence-electron chi connectivity index (χ3n) is 3.06. The fourth-order valence-corrected chi connectivity index (χ4v) is 1.85. The first kappa shape index (κ1) is 16.6. The van der Waals surface area contributed by atoms with Crippen LogP contribution in [0.15, 0.2) is 54.6 Å². The number of ketones is 1. The monoisotopic (exact) mass is 286 g/mol. The normalized spacial score (nSPS) is 11.0. The standard InChI is InChI=1S/C16H14O3.CH4O/c1-11(16(18)19)13-8-5-9-14(10-13)15(17)12-6-3-2-4-7-12;1-2/h2-11H,1H3,(H,18,19);2H,1H3. The second kappa shape index (κ2) is 7.97. The first-order valence-electron chi connectivity index (χ1n) is 6.47. The average Bonchev–Trinajstić information content (AvgIpc) is 2.56. The second-order valence-electron chi connectivity index (χ2n) is 4.38. The molecule has 0 aliphatic rings. The van der Waals surface area contributed by atoms with Crippen molar-refractivity contribution >= 4 is 11.8 Å². The molecular formula is C17H18O4. The SMILES string of the molecule is CC(C(=O)O)c1cccc(C(=O)c2ccccc2)c1.CO. The number of aliphatic hydroxyl groups is 1. The van der Waals surface area contributed by atoms with Gasteiger partial charge in [-0.15, -0.1) is 0 Å². The van der Waals surface area contributed by atoms with Gasteiger partial charge in [0.2, 0.25) is 0 Å². The van der Waals surface area contributed by atoms with Crippen LogP contribution >= 0.6 is 0 Å². The van der Waals surface area contributed by atoms with Crippen LogP contribution in [0.5, 0.6) is 0 Å². The quantitative estimate of drug-likeness (QED) is 0.847. The first-order chi connectivity index (χ1) is 10.1. The third-order valence-corrected chi connectivity index (χ3v) is 3.06. The molecule has 0 saturated heterocycles. The molecule has 2 rings (SSSR count). The summed E-state index contributed by atoms with van der Waals surface area (Å²) in [5, 5.41) is 16.0. The van der Waals surface area contributed by atoms with E-state index >= 15 is 0 Å². The minimum Gasteiger partial charge on any atom is -0.481 e. The van der Waals surface area contributed by atoms with Crippen molar-refractivity contribution in [2.75, 3.05) is 7.11 Å². The van der Waals surface area contributed by atoms with E-state index in [2.05, 4.69) is 0 Å². The zero-order valence-corrected chi connectivity index (χ0v) is 12.0. The van der Waals surface area contributed by atoms with Gasteiger partial charge in [-0.1, -0.05) is 48.5 Å². The number of hydrogen-bond acceptors (Lipinski definition) is 3. The minimum absolute atomic E-state index is 0.0972. The van der Waals surface area contributed by atoms with Crippen LogP contribution in [0.1, 0.15) is 34.3 Å². The van der Waals surface area contributed by atoms with Gasteiger partial charge in [-0.2, -0.15) is 0 Å².